The number of hydrogen-bond donors (Lipinski definition) is 1. The summed E-state index contributed by atoms with van der Waals surface area (Å²) in [7, 11) is 1.75. The number of aliphatic hydroxyl groups is 1. The highest BCUT2D eigenvalue weighted by Gasteiger charge is 2.48. The summed E-state index contributed by atoms with van der Waals surface area (Å²) < 4.78 is 18.2. The summed E-state index contributed by atoms with van der Waals surface area (Å²) in [6, 6.07) is 5.32. The zero-order valence-electron chi connectivity index (χ0n) is 15.5. The van der Waals surface area contributed by atoms with Crippen molar-refractivity contribution in [2.24, 2.45) is 11.8 Å². The Bertz CT molecular complexity index is 817. The molecule has 0 amide bonds. The van der Waals surface area contributed by atoms with E-state index in [4.69, 9.17) is 37.4 Å². The molecule has 1 aromatic carbocycles. The minimum atomic E-state index is -0.0326. The molecule has 4 rings (SSSR count). The number of fused-ring (bicyclic) bond motifs is 1. The maximum absolute atomic E-state index is 9.24. The summed E-state index contributed by atoms with van der Waals surface area (Å²) in [5.74, 6) is 1.36. The van der Waals surface area contributed by atoms with Gasteiger partial charge in [0.25, 0.3) is 0 Å². The van der Waals surface area contributed by atoms with Gasteiger partial charge in [0.2, 0.25) is 0 Å². The quantitative estimate of drug-likeness (QED) is 0.688. The molecule has 1 aliphatic carbocycles. The topological polar surface area (TPSA) is 60.8 Å². The van der Waals surface area contributed by atoms with Crippen LogP contribution in [0.25, 0.3) is 0 Å². The van der Waals surface area contributed by atoms with E-state index >= 15 is 0 Å². The first-order valence-electron chi connectivity index (χ1n) is 9.40. The van der Waals surface area contributed by atoms with Crippen LogP contribution in [0.4, 0.5) is 0 Å². The number of thiazole rings is 1. The summed E-state index contributed by atoms with van der Waals surface area (Å²) in [6.07, 6.45) is 3.04. The second-order valence-corrected chi connectivity index (χ2v) is 9.00. The van der Waals surface area contributed by atoms with Crippen LogP contribution in [0.15, 0.2) is 23.6 Å². The Hall–Kier alpha value is -0.890. The van der Waals surface area contributed by atoms with Gasteiger partial charge in [-0.05, 0) is 30.9 Å². The lowest BCUT2D eigenvalue weighted by Crippen LogP contribution is -2.33. The highest BCUT2D eigenvalue weighted by molar-refractivity contribution is 7.09. The van der Waals surface area contributed by atoms with Crippen molar-refractivity contribution in [2.45, 2.75) is 44.2 Å². The Kier molecular flexibility index (Phi) is 6.45. The third kappa shape index (κ3) is 4.18. The lowest BCUT2D eigenvalue weighted by atomic mass is 9.87. The molecule has 5 nitrogen and oxygen atoms in total. The fourth-order valence-electron chi connectivity index (χ4n) is 4.30. The molecule has 0 unspecified atom stereocenters. The Morgan fingerprint density at radius 3 is 2.86 bits per heavy atom. The van der Waals surface area contributed by atoms with Crippen LogP contribution >= 0.6 is 34.5 Å². The first-order valence-corrected chi connectivity index (χ1v) is 11.0. The molecule has 28 heavy (non-hydrogen) atoms. The van der Waals surface area contributed by atoms with Gasteiger partial charge in [0.15, 0.2) is 0 Å². The van der Waals surface area contributed by atoms with Gasteiger partial charge in [0.05, 0.1) is 41.2 Å². The molecular weight excluding hydrogens is 421 g/mol. The predicted octanol–water partition coefficient (Wildman–Crippen LogP) is 4.89. The zero-order valence-corrected chi connectivity index (χ0v) is 17.8. The minimum absolute atomic E-state index is 0.00111. The van der Waals surface area contributed by atoms with Crippen molar-refractivity contribution in [2.75, 3.05) is 13.7 Å². The first-order chi connectivity index (χ1) is 13.6. The molecule has 8 heteroatoms. The van der Waals surface area contributed by atoms with E-state index < -0.39 is 0 Å². The second-order valence-electron chi connectivity index (χ2n) is 7.30. The monoisotopic (exact) mass is 443 g/mol. The number of methoxy groups -OCH3 is 1. The molecule has 1 aromatic heterocycles. The number of aromatic nitrogens is 1. The standard InChI is InChI=1S/C20H23Cl2NO4S/c1-25-18-7-19-13(3-5-17(27-19)20-23-11(8-24)10-28-20)14(18)9-26-12-2-4-15(21)16(22)6-12/h2,4,6,10,13-14,17-19,24H,3,5,7-9H2,1H3/t13-,14-,17-,18+,19+/m1/s1. The molecule has 0 spiro atoms. The van der Waals surface area contributed by atoms with Crippen LogP contribution in [0.3, 0.4) is 0 Å². The Labute approximate surface area is 178 Å². The van der Waals surface area contributed by atoms with Crippen molar-refractivity contribution in [3.8, 4) is 5.75 Å². The van der Waals surface area contributed by atoms with Gasteiger partial charge in [-0.1, -0.05) is 23.2 Å². The normalized spacial score (nSPS) is 29.6. The number of hydrogen-bond acceptors (Lipinski definition) is 6. The smallest absolute Gasteiger partial charge is 0.122 e. The lowest BCUT2D eigenvalue weighted by molar-refractivity contribution is -0.0812. The van der Waals surface area contributed by atoms with Gasteiger partial charge in [0.1, 0.15) is 16.9 Å². The van der Waals surface area contributed by atoms with E-state index in [9.17, 15) is 5.11 Å². The van der Waals surface area contributed by atoms with Crippen LogP contribution in [0.5, 0.6) is 5.75 Å². The van der Waals surface area contributed by atoms with Crippen molar-refractivity contribution >= 4 is 34.5 Å². The molecule has 0 bridgehead atoms. The number of nitrogens with zero attached hydrogens (tertiary/aromatic N) is 1. The maximum atomic E-state index is 9.24. The molecular formula is C20H23Cl2NO4S. The molecule has 5 atom stereocenters. The van der Waals surface area contributed by atoms with E-state index in [1.54, 1.807) is 30.6 Å². The van der Waals surface area contributed by atoms with Gasteiger partial charge in [-0.2, -0.15) is 0 Å². The SMILES string of the molecule is CO[C@H]1C[C@@H]2O[C@@H](c3nc(CO)cs3)CC[C@@H]2[C@H]1COc1ccc(Cl)c(Cl)c1. The highest BCUT2D eigenvalue weighted by atomic mass is 35.5. The van der Waals surface area contributed by atoms with Gasteiger partial charge >= 0.3 is 0 Å². The van der Waals surface area contributed by atoms with Gasteiger partial charge in [-0.25, -0.2) is 4.98 Å². The predicted molar refractivity (Wildman–Crippen MR) is 109 cm³/mol. The minimum Gasteiger partial charge on any atom is -0.493 e. The fourth-order valence-corrected chi connectivity index (χ4v) is 5.46. The number of ether oxygens (including phenoxy) is 3. The molecule has 2 aromatic rings. The molecule has 2 aliphatic rings. The van der Waals surface area contributed by atoms with Gasteiger partial charge < -0.3 is 19.3 Å². The third-order valence-electron chi connectivity index (χ3n) is 5.71. The van der Waals surface area contributed by atoms with E-state index in [1.165, 1.54) is 0 Å². The first kappa shape index (κ1) is 20.4. The van der Waals surface area contributed by atoms with Gasteiger partial charge in [-0.3, -0.25) is 0 Å². The summed E-state index contributed by atoms with van der Waals surface area (Å²) >= 11 is 13.6. The number of halogens is 2. The van der Waals surface area contributed by atoms with Crippen molar-refractivity contribution in [1.82, 2.24) is 4.98 Å². The van der Waals surface area contributed by atoms with Crippen LogP contribution in [0.2, 0.25) is 10.0 Å². The summed E-state index contributed by atoms with van der Waals surface area (Å²) in [5.41, 5.74) is 0.708. The Balaban J connectivity index is 1.41. The number of aliphatic hydroxyl groups excluding tert-OH is 1. The van der Waals surface area contributed by atoms with Crippen molar-refractivity contribution < 1.29 is 19.3 Å². The van der Waals surface area contributed by atoms with E-state index in [0.717, 1.165) is 24.3 Å². The van der Waals surface area contributed by atoms with Crippen molar-refractivity contribution in [1.29, 1.82) is 0 Å². The highest BCUT2D eigenvalue weighted by Crippen LogP contribution is 2.47. The van der Waals surface area contributed by atoms with Crippen LogP contribution in [-0.2, 0) is 16.1 Å². The average molecular weight is 444 g/mol. The van der Waals surface area contributed by atoms with Crippen LogP contribution < -0.4 is 4.74 Å². The molecule has 2 fully saturated rings. The van der Waals surface area contributed by atoms with Crippen molar-refractivity contribution in [3.63, 3.8) is 0 Å². The van der Waals surface area contributed by atoms with Crippen LogP contribution in [0.1, 0.15) is 36.1 Å². The fraction of sp³-hybridized carbons (Fsp3) is 0.550. The molecule has 152 valence electrons. The average Bonchev–Trinajstić information content (AvgIpc) is 3.32. The Morgan fingerprint density at radius 2 is 2.14 bits per heavy atom. The second kappa shape index (κ2) is 8.86. The van der Waals surface area contributed by atoms with Gasteiger partial charge in [0, 0.05) is 30.9 Å². The van der Waals surface area contributed by atoms with Crippen molar-refractivity contribution in [3.05, 3.63) is 44.3 Å². The van der Waals surface area contributed by atoms with E-state index in [2.05, 4.69) is 4.98 Å². The van der Waals surface area contributed by atoms with Gasteiger partial charge in [-0.15, -0.1) is 11.3 Å². The maximum Gasteiger partial charge on any atom is 0.122 e. The largest absolute Gasteiger partial charge is 0.493 e. The number of benzene rings is 1. The summed E-state index contributed by atoms with van der Waals surface area (Å²) in [4.78, 5) is 4.48. The van der Waals surface area contributed by atoms with E-state index in [-0.39, 0.29) is 30.8 Å². The zero-order chi connectivity index (χ0) is 19.7. The molecule has 1 N–H and O–H groups in total. The summed E-state index contributed by atoms with van der Waals surface area (Å²) in [5, 5.41) is 13.1. The number of rotatable bonds is 6. The van der Waals surface area contributed by atoms with Crippen LogP contribution in [0, 0.1) is 11.8 Å². The molecule has 1 saturated carbocycles. The molecule has 1 saturated heterocycles. The van der Waals surface area contributed by atoms with E-state index in [1.807, 2.05) is 11.4 Å². The van der Waals surface area contributed by atoms with E-state index in [0.29, 0.717) is 34.0 Å². The lowest BCUT2D eigenvalue weighted by Gasteiger charge is -2.34. The van der Waals surface area contributed by atoms with Crippen LogP contribution in [-0.4, -0.2) is 36.0 Å². The molecule has 0 radical (unpaired) electrons. The molecule has 1 aliphatic heterocycles. The summed E-state index contributed by atoms with van der Waals surface area (Å²) in [6.45, 7) is 0.521. The molecule has 2 heterocycles. The Morgan fingerprint density at radius 1 is 1.29 bits per heavy atom. The third-order valence-corrected chi connectivity index (χ3v) is 7.44.